The summed E-state index contributed by atoms with van der Waals surface area (Å²) in [6.07, 6.45) is 3.65. The number of amides is 1. The number of hydrogen-bond acceptors (Lipinski definition) is 5. The molecule has 29 heavy (non-hydrogen) atoms. The van der Waals surface area contributed by atoms with Crippen LogP contribution in [0.4, 0.5) is 0 Å². The van der Waals surface area contributed by atoms with Crippen LogP contribution in [0.2, 0.25) is 0 Å². The van der Waals surface area contributed by atoms with Gasteiger partial charge in [-0.3, -0.25) is 14.3 Å². The molecule has 1 fully saturated rings. The quantitative estimate of drug-likeness (QED) is 0.401. The minimum absolute atomic E-state index is 0.153. The molecule has 1 aromatic heterocycles. The molecule has 0 radical (unpaired) electrons. The van der Waals surface area contributed by atoms with Gasteiger partial charge in [-0.15, -0.1) is 0 Å². The molecular formula is C22H18N4OS2. The lowest BCUT2D eigenvalue weighted by Gasteiger charge is -2.05. The fourth-order valence-electron chi connectivity index (χ4n) is 2.90. The van der Waals surface area contributed by atoms with Gasteiger partial charge in [-0.2, -0.15) is 0 Å². The summed E-state index contributed by atoms with van der Waals surface area (Å²) < 4.78 is 2.52. The van der Waals surface area contributed by atoms with Crippen molar-refractivity contribution in [1.29, 1.82) is 0 Å². The first-order chi connectivity index (χ1) is 14.0. The van der Waals surface area contributed by atoms with Crippen molar-refractivity contribution in [1.82, 2.24) is 19.8 Å². The number of aromatic nitrogens is 2. The highest BCUT2D eigenvalue weighted by Gasteiger charge is 2.22. The summed E-state index contributed by atoms with van der Waals surface area (Å²) in [4.78, 5) is 19.0. The van der Waals surface area contributed by atoms with E-state index in [2.05, 4.69) is 22.1 Å². The average Bonchev–Trinajstić information content (AvgIpc) is 3.24. The van der Waals surface area contributed by atoms with Gasteiger partial charge in [-0.1, -0.05) is 41.9 Å². The van der Waals surface area contributed by atoms with E-state index in [-0.39, 0.29) is 5.91 Å². The Kier molecular flexibility index (Phi) is 5.49. The van der Waals surface area contributed by atoms with Crippen molar-refractivity contribution < 1.29 is 4.79 Å². The minimum Gasteiger partial charge on any atom is -0.307 e. The molecule has 0 atom stereocenters. The van der Waals surface area contributed by atoms with Gasteiger partial charge in [0, 0.05) is 11.3 Å². The summed E-state index contributed by atoms with van der Waals surface area (Å²) in [5.74, 6) is 6.15. The van der Waals surface area contributed by atoms with Gasteiger partial charge < -0.3 is 5.32 Å². The van der Waals surface area contributed by atoms with E-state index in [4.69, 9.17) is 12.2 Å². The zero-order chi connectivity index (χ0) is 20.4. The Morgan fingerprint density at radius 2 is 2.03 bits per heavy atom. The number of thioether (sulfide) groups is 1. The molecule has 5 nitrogen and oxygen atoms in total. The second kappa shape index (κ2) is 8.21. The van der Waals surface area contributed by atoms with Crippen LogP contribution in [0.1, 0.15) is 11.1 Å². The number of nitrogens with one attached hydrogen (secondary N) is 1. The standard InChI is InChI=1S/C22H18N4OS2/c1-25(2)11-3-4-15-5-8-17(9-6-15)26-14-23-18-10-7-16(12-19(18)26)13-20-21(27)24-22(28)29-20/h5-10,12-14H,11H2,1-2H3,(H,24,27,28). The molecule has 0 unspecified atom stereocenters. The Morgan fingerprint density at radius 1 is 1.24 bits per heavy atom. The molecule has 4 rings (SSSR count). The Hall–Kier alpha value is -2.92. The van der Waals surface area contributed by atoms with Crippen molar-refractivity contribution in [3.05, 3.63) is 64.8 Å². The molecule has 1 saturated heterocycles. The second-order valence-electron chi connectivity index (χ2n) is 6.80. The Balaban J connectivity index is 1.64. The average molecular weight is 419 g/mol. The van der Waals surface area contributed by atoms with Gasteiger partial charge in [0.2, 0.25) is 0 Å². The highest BCUT2D eigenvalue weighted by molar-refractivity contribution is 8.26. The third-order valence-electron chi connectivity index (χ3n) is 4.28. The normalized spacial score (nSPS) is 15.1. The molecule has 2 heterocycles. The summed E-state index contributed by atoms with van der Waals surface area (Å²) in [6.45, 7) is 0.729. The van der Waals surface area contributed by atoms with E-state index < -0.39 is 0 Å². The number of hydrogen-bond donors (Lipinski definition) is 1. The molecule has 144 valence electrons. The Morgan fingerprint density at radius 3 is 2.72 bits per heavy atom. The predicted molar refractivity (Wildman–Crippen MR) is 123 cm³/mol. The van der Waals surface area contributed by atoms with Crippen molar-refractivity contribution in [3.63, 3.8) is 0 Å². The largest absolute Gasteiger partial charge is 0.307 e. The molecular weight excluding hydrogens is 400 g/mol. The van der Waals surface area contributed by atoms with Gasteiger partial charge in [0.05, 0.1) is 22.5 Å². The van der Waals surface area contributed by atoms with E-state index in [0.29, 0.717) is 9.23 Å². The molecule has 3 aromatic rings. The summed E-state index contributed by atoms with van der Waals surface area (Å²) in [5, 5.41) is 2.64. The number of rotatable bonds is 3. The van der Waals surface area contributed by atoms with Gasteiger partial charge in [0.25, 0.3) is 5.91 Å². The molecule has 1 aliphatic rings. The number of carbonyl (C=O) groups is 1. The number of thiocarbonyl (C=S) groups is 1. The third-order valence-corrected chi connectivity index (χ3v) is 5.45. The minimum atomic E-state index is -0.153. The fraction of sp³-hybridized carbons (Fsp3) is 0.136. The first kappa shape index (κ1) is 19.4. The van der Waals surface area contributed by atoms with Crippen LogP contribution in [0.5, 0.6) is 0 Å². The van der Waals surface area contributed by atoms with Crippen molar-refractivity contribution in [2.24, 2.45) is 0 Å². The summed E-state index contributed by atoms with van der Waals surface area (Å²) >= 11 is 6.33. The Bertz CT molecular complexity index is 1200. The summed E-state index contributed by atoms with van der Waals surface area (Å²) in [6, 6.07) is 14.0. The van der Waals surface area contributed by atoms with E-state index in [9.17, 15) is 4.79 Å². The van der Waals surface area contributed by atoms with Gasteiger partial charge in [0.15, 0.2) is 0 Å². The molecule has 1 amide bonds. The molecule has 0 spiro atoms. The molecule has 0 saturated carbocycles. The summed E-state index contributed by atoms with van der Waals surface area (Å²) in [7, 11) is 4.00. The van der Waals surface area contributed by atoms with Crippen molar-refractivity contribution in [3.8, 4) is 17.5 Å². The van der Waals surface area contributed by atoms with E-state index in [0.717, 1.165) is 34.4 Å². The topological polar surface area (TPSA) is 50.2 Å². The maximum Gasteiger partial charge on any atom is 0.263 e. The SMILES string of the molecule is CN(C)CC#Cc1ccc(-n2cnc3ccc(C=C4SC(=S)NC4=O)cc32)cc1. The lowest BCUT2D eigenvalue weighted by atomic mass is 10.1. The first-order valence-corrected chi connectivity index (χ1v) is 10.2. The van der Waals surface area contributed by atoms with Crippen LogP contribution >= 0.6 is 24.0 Å². The van der Waals surface area contributed by atoms with Crippen LogP contribution < -0.4 is 5.32 Å². The number of benzene rings is 2. The number of nitrogens with zero attached hydrogens (tertiary/aromatic N) is 3. The van der Waals surface area contributed by atoms with Crippen LogP contribution in [0, 0.1) is 11.8 Å². The van der Waals surface area contributed by atoms with Crippen LogP contribution in [-0.2, 0) is 4.79 Å². The van der Waals surface area contributed by atoms with Crippen LogP contribution in [0.3, 0.4) is 0 Å². The Labute approximate surface area is 178 Å². The van der Waals surface area contributed by atoms with E-state index in [1.165, 1.54) is 11.8 Å². The third kappa shape index (κ3) is 4.40. The fourth-order valence-corrected chi connectivity index (χ4v) is 3.94. The highest BCUT2D eigenvalue weighted by Crippen LogP contribution is 2.27. The van der Waals surface area contributed by atoms with Crippen molar-refractivity contribution >= 4 is 51.3 Å². The molecule has 0 bridgehead atoms. The van der Waals surface area contributed by atoms with Crippen LogP contribution in [0.15, 0.2) is 53.7 Å². The zero-order valence-electron chi connectivity index (χ0n) is 16.0. The highest BCUT2D eigenvalue weighted by atomic mass is 32.2. The van der Waals surface area contributed by atoms with Crippen LogP contribution in [0.25, 0.3) is 22.8 Å². The molecule has 7 heteroatoms. The van der Waals surface area contributed by atoms with Gasteiger partial charge in [-0.25, -0.2) is 4.98 Å². The maximum absolute atomic E-state index is 11.9. The zero-order valence-corrected chi connectivity index (χ0v) is 17.6. The molecule has 2 aromatic carbocycles. The van der Waals surface area contributed by atoms with E-state index >= 15 is 0 Å². The van der Waals surface area contributed by atoms with Crippen molar-refractivity contribution in [2.45, 2.75) is 0 Å². The predicted octanol–water partition coefficient (Wildman–Crippen LogP) is 3.43. The molecule has 0 aliphatic carbocycles. The maximum atomic E-state index is 11.9. The monoisotopic (exact) mass is 418 g/mol. The van der Waals surface area contributed by atoms with Crippen molar-refractivity contribution in [2.75, 3.05) is 20.6 Å². The second-order valence-corrected chi connectivity index (χ2v) is 8.52. The number of carbonyl (C=O) groups excluding carboxylic acids is 1. The molecule has 1 aliphatic heterocycles. The first-order valence-electron chi connectivity index (χ1n) is 8.95. The lowest BCUT2D eigenvalue weighted by Crippen LogP contribution is -2.17. The van der Waals surface area contributed by atoms with E-state index in [1.54, 1.807) is 6.33 Å². The van der Waals surface area contributed by atoms with Gasteiger partial charge in [-0.05, 0) is 62.1 Å². The smallest absolute Gasteiger partial charge is 0.263 e. The lowest BCUT2D eigenvalue weighted by molar-refractivity contribution is -0.115. The van der Waals surface area contributed by atoms with Gasteiger partial charge >= 0.3 is 0 Å². The number of imidazole rings is 1. The van der Waals surface area contributed by atoms with E-state index in [1.807, 2.05) is 72.1 Å². The molecule has 1 N–H and O–H groups in total. The van der Waals surface area contributed by atoms with Crippen LogP contribution in [-0.4, -0.2) is 45.3 Å². The van der Waals surface area contributed by atoms with Gasteiger partial charge in [0.1, 0.15) is 10.6 Å². The number of fused-ring (bicyclic) bond motifs is 1. The summed E-state index contributed by atoms with van der Waals surface area (Å²) in [5.41, 5.74) is 4.76.